The zero-order valence-corrected chi connectivity index (χ0v) is 15.8. The van der Waals surface area contributed by atoms with E-state index in [1.54, 1.807) is 0 Å². The highest BCUT2D eigenvalue weighted by Gasteiger charge is 2.35. The van der Waals surface area contributed by atoms with Crippen LogP contribution in [0, 0.1) is 0 Å². The molecule has 27 heavy (non-hydrogen) atoms. The van der Waals surface area contributed by atoms with Crippen molar-refractivity contribution in [1.82, 2.24) is 10.6 Å². The van der Waals surface area contributed by atoms with Crippen LogP contribution < -0.4 is 16.0 Å². The standard InChI is InChI=1S/C22H27N3O2/c1-17(26)25-20-11-7-8-18(14-20)15-23-21(27)24-16-22(12-5-6-13-22)19-9-3-2-4-10-19/h2-4,7-11,14H,5-6,12-13,15-16H2,1H3,(H,25,26)(H2,23,24,27). The van der Waals surface area contributed by atoms with Crippen molar-refractivity contribution in [1.29, 1.82) is 0 Å². The molecule has 5 heteroatoms. The van der Waals surface area contributed by atoms with Gasteiger partial charge >= 0.3 is 6.03 Å². The van der Waals surface area contributed by atoms with Crippen LogP contribution in [0.5, 0.6) is 0 Å². The van der Waals surface area contributed by atoms with Crippen molar-refractivity contribution >= 4 is 17.6 Å². The van der Waals surface area contributed by atoms with Crippen molar-refractivity contribution in [2.24, 2.45) is 0 Å². The second-order valence-electron chi connectivity index (χ2n) is 7.27. The number of carbonyl (C=O) groups is 2. The summed E-state index contributed by atoms with van der Waals surface area (Å²) >= 11 is 0. The van der Waals surface area contributed by atoms with Gasteiger partial charge in [0, 0.05) is 31.1 Å². The molecule has 0 unspecified atom stereocenters. The molecule has 3 rings (SSSR count). The fourth-order valence-corrected chi connectivity index (χ4v) is 3.87. The number of hydrogen-bond donors (Lipinski definition) is 3. The lowest BCUT2D eigenvalue weighted by molar-refractivity contribution is -0.114. The summed E-state index contributed by atoms with van der Waals surface area (Å²) in [5, 5.41) is 8.72. The maximum absolute atomic E-state index is 12.3. The van der Waals surface area contributed by atoms with Crippen LogP contribution in [0.15, 0.2) is 54.6 Å². The third kappa shape index (κ3) is 5.09. The van der Waals surface area contributed by atoms with E-state index in [-0.39, 0.29) is 17.4 Å². The third-order valence-corrected chi connectivity index (χ3v) is 5.23. The molecule has 0 aromatic heterocycles. The Labute approximate surface area is 160 Å². The Hall–Kier alpha value is -2.82. The van der Waals surface area contributed by atoms with Crippen molar-refractivity contribution in [2.45, 2.75) is 44.6 Å². The molecule has 5 nitrogen and oxygen atoms in total. The summed E-state index contributed by atoms with van der Waals surface area (Å²) in [5.74, 6) is -0.111. The average Bonchev–Trinajstić information content (AvgIpc) is 3.15. The van der Waals surface area contributed by atoms with Gasteiger partial charge in [0.05, 0.1) is 0 Å². The molecule has 1 aliphatic carbocycles. The number of rotatable bonds is 6. The Bertz CT molecular complexity index is 783. The smallest absolute Gasteiger partial charge is 0.315 e. The molecule has 1 aliphatic rings. The Morgan fingerprint density at radius 2 is 1.70 bits per heavy atom. The fraction of sp³-hybridized carbons (Fsp3) is 0.364. The first-order valence-electron chi connectivity index (χ1n) is 9.51. The Kier molecular flexibility index (Phi) is 6.12. The van der Waals surface area contributed by atoms with E-state index in [1.165, 1.54) is 25.3 Å². The van der Waals surface area contributed by atoms with Crippen molar-refractivity contribution in [2.75, 3.05) is 11.9 Å². The lowest BCUT2D eigenvalue weighted by atomic mass is 9.79. The SMILES string of the molecule is CC(=O)Nc1cccc(CNC(=O)NCC2(c3ccccc3)CCCC2)c1. The molecular weight excluding hydrogens is 338 g/mol. The number of urea groups is 1. The first-order valence-corrected chi connectivity index (χ1v) is 9.51. The monoisotopic (exact) mass is 365 g/mol. The molecule has 0 radical (unpaired) electrons. The third-order valence-electron chi connectivity index (χ3n) is 5.23. The molecule has 0 bridgehead atoms. The zero-order valence-electron chi connectivity index (χ0n) is 15.8. The van der Waals surface area contributed by atoms with E-state index < -0.39 is 0 Å². The van der Waals surface area contributed by atoms with Gasteiger partial charge in [-0.3, -0.25) is 4.79 Å². The summed E-state index contributed by atoms with van der Waals surface area (Å²) in [4.78, 5) is 23.5. The van der Waals surface area contributed by atoms with Crippen molar-refractivity contribution in [3.05, 3.63) is 65.7 Å². The molecule has 0 aliphatic heterocycles. The quantitative estimate of drug-likeness (QED) is 0.725. The van der Waals surface area contributed by atoms with Crippen LogP contribution in [0.1, 0.15) is 43.7 Å². The van der Waals surface area contributed by atoms with Gasteiger partial charge in [0.2, 0.25) is 5.91 Å². The molecule has 3 amide bonds. The summed E-state index contributed by atoms with van der Waals surface area (Å²) in [6.45, 7) is 2.54. The van der Waals surface area contributed by atoms with Crippen LogP contribution in [0.3, 0.4) is 0 Å². The Morgan fingerprint density at radius 1 is 0.963 bits per heavy atom. The second-order valence-corrected chi connectivity index (χ2v) is 7.27. The fourth-order valence-electron chi connectivity index (χ4n) is 3.87. The maximum atomic E-state index is 12.3. The minimum absolute atomic E-state index is 0.0456. The predicted octanol–water partition coefficient (Wildman–Crippen LogP) is 3.96. The molecule has 0 saturated heterocycles. The lowest BCUT2D eigenvalue weighted by Crippen LogP contribution is -2.43. The topological polar surface area (TPSA) is 70.2 Å². The van der Waals surface area contributed by atoms with Crippen molar-refractivity contribution in [3.8, 4) is 0 Å². The minimum Gasteiger partial charge on any atom is -0.337 e. The van der Waals surface area contributed by atoms with Crippen LogP contribution in [-0.4, -0.2) is 18.5 Å². The van der Waals surface area contributed by atoms with Crippen molar-refractivity contribution < 1.29 is 9.59 Å². The molecule has 0 heterocycles. The van der Waals surface area contributed by atoms with E-state index in [0.717, 1.165) is 24.1 Å². The van der Waals surface area contributed by atoms with E-state index in [0.29, 0.717) is 13.1 Å². The first kappa shape index (κ1) is 19.0. The summed E-state index contributed by atoms with van der Waals surface area (Å²) in [6.07, 6.45) is 4.62. The van der Waals surface area contributed by atoms with E-state index in [1.807, 2.05) is 30.3 Å². The predicted molar refractivity (Wildman–Crippen MR) is 108 cm³/mol. The number of benzene rings is 2. The molecule has 2 aromatic carbocycles. The van der Waals surface area contributed by atoms with Gasteiger partial charge < -0.3 is 16.0 Å². The number of amides is 3. The lowest BCUT2D eigenvalue weighted by Gasteiger charge is -2.30. The first-order chi connectivity index (χ1) is 13.1. The second kappa shape index (κ2) is 8.71. The van der Waals surface area contributed by atoms with Crippen LogP contribution in [-0.2, 0) is 16.8 Å². The van der Waals surface area contributed by atoms with Crippen LogP contribution >= 0.6 is 0 Å². The number of anilines is 1. The number of nitrogens with one attached hydrogen (secondary N) is 3. The number of carbonyl (C=O) groups excluding carboxylic acids is 2. The molecular formula is C22H27N3O2. The van der Waals surface area contributed by atoms with Gasteiger partial charge in [0.1, 0.15) is 0 Å². The molecule has 2 aromatic rings. The van der Waals surface area contributed by atoms with Crippen LogP contribution in [0.4, 0.5) is 10.5 Å². The van der Waals surface area contributed by atoms with Gasteiger partial charge in [-0.15, -0.1) is 0 Å². The average molecular weight is 365 g/mol. The molecule has 142 valence electrons. The van der Waals surface area contributed by atoms with Crippen molar-refractivity contribution in [3.63, 3.8) is 0 Å². The zero-order chi connectivity index (χ0) is 19.1. The molecule has 0 atom stereocenters. The molecule has 3 N–H and O–H groups in total. The highest BCUT2D eigenvalue weighted by Crippen LogP contribution is 2.40. The van der Waals surface area contributed by atoms with E-state index in [2.05, 4.69) is 40.2 Å². The molecule has 0 spiro atoms. The van der Waals surface area contributed by atoms with Gasteiger partial charge in [-0.2, -0.15) is 0 Å². The van der Waals surface area contributed by atoms with Crippen LogP contribution in [0.2, 0.25) is 0 Å². The van der Waals surface area contributed by atoms with Gasteiger partial charge in [0.15, 0.2) is 0 Å². The summed E-state index contributed by atoms with van der Waals surface area (Å²) in [6, 6.07) is 17.8. The molecule has 1 saturated carbocycles. The van der Waals surface area contributed by atoms with Gasteiger partial charge in [-0.05, 0) is 36.1 Å². The van der Waals surface area contributed by atoms with E-state index in [9.17, 15) is 9.59 Å². The molecule has 1 fully saturated rings. The van der Waals surface area contributed by atoms with Gasteiger partial charge in [-0.25, -0.2) is 4.79 Å². The highest BCUT2D eigenvalue weighted by atomic mass is 16.2. The largest absolute Gasteiger partial charge is 0.337 e. The summed E-state index contributed by atoms with van der Waals surface area (Å²) < 4.78 is 0. The highest BCUT2D eigenvalue weighted by molar-refractivity contribution is 5.88. The Balaban J connectivity index is 1.54. The minimum atomic E-state index is -0.165. The maximum Gasteiger partial charge on any atom is 0.315 e. The van der Waals surface area contributed by atoms with Gasteiger partial charge in [0.25, 0.3) is 0 Å². The summed E-state index contributed by atoms with van der Waals surface area (Å²) in [7, 11) is 0. The number of hydrogen-bond acceptors (Lipinski definition) is 2. The summed E-state index contributed by atoms with van der Waals surface area (Å²) in [5.41, 5.74) is 3.03. The van der Waals surface area contributed by atoms with E-state index >= 15 is 0 Å². The normalized spacial score (nSPS) is 15.1. The van der Waals surface area contributed by atoms with E-state index in [4.69, 9.17) is 0 Å². The Morgan fingerprint density at radius 3 is 2.41 bits per heavy atom. The van der Waals surface area contributed by atoms with Gasteiger partial charge in [-0.1, -0.05) is 55.3 Å². The van der Waals surface area contributed by atoms with Crippen LogP contribution in [0.25, 0.3) is 0 Å².